The van der Waals surface area contributed by atoms with Crippen molar-refractivity contribution >= 4 is 29.0 Å². The van der Waals surface area contributed by atoms with Crippen molar-refractivity contribution in [1.29, 1.82) is 0 Å². The summed E-state index contributed by atoms with van der Waals surface area (Å²) in [5.41, 5.74) is 0.988. The summed E-state index contributed by atoms with van der Waals surface area (Å²) in [6.07, 6.45) is 6.94. The molecular weight excluding hydrogens is 328 g/mol. The lowest BCUT2D eigenvalue weighted by Gasteiger charge is -2.33. The van der Waals surface area contributed by atoms with Gasteiger partial charge in [-0.25, -0.2) is 15.0 Å². The van der Waals surface area contributed by atoms with Crippen molar-refractivity contribution in [1.82, 2.24) is 19.9 Å². The molecule has 122 valence electrons. The topological polar surface area (TPSA) is 59.0 Å². The second-order valence-corrected chi connectivity index (χ2v) is 7.48. The number of likely N-dealkylation sites (tertiary alicyclic amines) is 1. The minimum absolute atomic E-state index is 0.254. The standard InChI is InChI=1S/C16H20N4OS2/c1-12-5-2-3-8-20(12)14(21)11-22-9-13-10-23-16(19-13)15-17-6-4-7-18-15/h4,6-7,10,12H,2-3,5,8-9,11H2,1H3. The van der Waals surface area contributed by atoms with Gasteiger partial charge >= 0.3 is 0 Å². The number of aromatic nitrogens is 3. The van der Waals surface area contributed by atoms with Crippen molar-refractivity contribution in [2.45, 2.75) is 38.0 Å². The number of hydrogen-bond acceptors (Lipinski definition) is 6. The first kappa shape index (κ1) is 16.4. The molecule has 1 amide bonds. The van der Waals surface area contributed by atoms with E-state index in [4.69, 9.17) is 0 Å². The van der Waals surface area contributed by atoms with Crippen molar-refractivity contribution < 1.29 is 4.79 Å². The number of thioether (sulfide) groups is 1. The molecule has 0 aromatic carbocycles. The molecule has 0 spiro atoms. The van der Waals surface area contributed by atoms with Gasteiger partial charge in [0.2, 0.25) is 5.91 Å². The Morgan fingerprint density at radius 2 is 2.22 bits per heavy atom. The number of nitrogens with zero attached hydrogens (tertiary/aromatic N) is 4. The average Bonchev–Trinajstić information content (AvgIpc) is 3.05. The van der Waals surface area contributed by atoms with E-state index in [0.29, 0.717) is 17.6 Å². The molecule has 0 aliphatic carbocycles. The predicted octanol–water partition coefficient (Wildman–Crippen LogP) is 3.23. The third-order valence-corrected chi connectivity index (χ3v) is 5.75. The van der Waals surface area contributed by atoms with Crippen LogP contribution in [0.2, 0.25) is 0 Å². The number of carbonyl (C=O) groups is 1. The van der Waals surface area contributed by atoms with Crippen LogP contribution in [0.3, 0.4) is 0 Å². The molecule has 2 aromatic rings. The van der Waals surface area contributed by atoms with Gasteiger partial charge in [0.15, 0.2) is 10.8 Å². The summed E-state index contributed by atoms with van der Waals surface area (Å²) in [4.78, 5) is 27.3. The van der Waals surface area contributed by atoms with E-state index in [2.05, 4.69) is 21.9 Å². The monoisotopic (exact) mass is 348 g/mol. The van der Waals surface area contributed by atoms with Crippen LogP contribution in [0.5, 0.6) is 0 Å². The molecule has 23 heavy (non-hydrogen) atoms. The summed E-state index contributed by atoms with van der Waals surface area (Å²) in [5.74, 6) is 2.19. The fourth-order valence-corrected chi connectivity index (χ4v) is 4.35. The van der Waals surface area contributed by atoms with Crippen molar-refractivity contribution in [3.8, 4) is 10.8 Å². The minimum Gasteiger partial charge on any atom is -0.339 e. The van der Waals surface area contributed by atoms with Gasteiger partial charge in [0.25, 0.3) is 0 Å². The van der Waals surface area contributed by atoms with Crippen molar-refractivity contribution in [2.24, 2.45) is 0 Å². The van der Waals surface area contributed by atoms with Gasteiger partial charge in [-0.15, -0.1) is 23.1 Å². The maximum atomic E-state index is 12.3. The van der Waals surface area contributed by atoms with Crippen LogP contribution in [0.25, 0.3) is 10.8 Å². The van der Waals surface area contributed by atoms with Gasteiger partial charge in [0.1, 0.15) is 0 Å². The van der Waals surface area contributed by atoms with E-state index in [0.717, 1.165) is 35.8 Å². The lowest BCUT2D eigenvalue weighted by atomic mass is 10.0. The lowest BCUT2D eigenvalue weighted by molar-refractivity contribution is -0.131. The Balaban J connectivity index is 1.49. The molecule has 2 aromatic heterocycles. The van der Waals surface area contributed by atoms with E-state index in [1.54, 1.807) is 41.6 Å². The number of hydrogen-bond donors (Lipinski definition) is 0. The minimum atomic E-state index is 0.254. The van der Waals surface area contributed by atoms with Crippen LogP contribution in [0, 0.1) is 0 Å². The summed E-state index contributed by atoms with van der Waals surface area (Å²) in [7, 11) is 0. The molecule has 0 saturated carbocycles. The summed E-state index contributed by atoms with van der Waals surface area (Å²) in [6, 6.07) is 2.18. The zero-order chi connectivity index (χ0) is 16.1. The van der Waals surface area contributed by atoms with Gasteiger partial charge in [-0.1, -0.05) is 0 Å². The summed E-state index contributed by atoms with van der Waals surface area (Å²) in [5, 5.41) is 2.85. The quantitative estimate of drug-likeness (QED) is 0.830. The maximum Gasteiger partial charge on any atom is 0.232 e. The SMILES string of the molecule is CC1CCCCN1C(=O)CSCc1csc(-c2ncccn2)n1. The molecule has 1 atom stereocenters. The third kappa shape index (κ3) is 4.29. The van der Waals surface area contributed by atoms with Gasteiger partial charge in [0, 0.05) is 36.1 Å². The second-order valence-electron chi connectivity index (χ2n) is 5.64. The molecule has 0 radical (unpaired) electrons. The Bertz CT molecular complexity index is 647. The summed E-state index contributed by atoms with van der Waals surface area (Å²) < 4.78 is 0. The first-order chi connectivity index (χ1) is 11.2. The van der Waals surface area contributed by atoms with E-state index in [1.165, 1.54) is 6.42 Å². The molecule has 7 heteroatoms. The molecule has 3 heterocycles. The Kier molecular flexibility index (Phi) is 5.61. The molecular formula is C16H20N4OS2. The first-order valence-corrected chi connectivity index (χ1v) is 9.86. The number of piperidine rings is 1. The van der Waals surface area contributed by atoms with Crippen LogP contribution < -0.4 is 0 Å². The van der Waals surface area contributed by atoms with E-state index in [9.17, 15) is 4.79 Å². The first-order valence-electron chi connectivity index (χ1n) is 7.83. The number of carbonyl (C=O) groups excluding carboxylic acids is 1. The highest BCUT2D eigenvalue weighted by Gasteiger charge is 2.22. The van der Waals surface area contributed by atoms with Crippen LogP contribution in [-0.2, 0) is 10.5 Å². The van der Waals surface area contributed by atoms with Crippen LogP contribution >= 0.6 is 23.1 Å². The summed E-state index contributed by atoms with van der Waals surface area (Å²) >= 11 is 3.18. The van der Waals surface area contributed by atoms with Crippen LogP contribution in [0.15, 0.2) is 23.8 Å². The third-order valence-electron chi connectivity index (χ3n) is 3.91. The van der Waals surface area contributed by atoms with E-state index in [1.807, 2.05) is 10.3 Å². The molecule has 1 unspecified atom stereocenters. The van der Waals surface area contributed by atoms with Crippen LogP contribution in [0.4, 0.5) is 0 Å². The molecule has 1 fully saturated rings. The van der Waals surface area contributed by atoms with Gasteiger partial charge in [-0.3, -0.25) is 4.79 Å². The van der Waals surface area contributed by atoms with Gasteiger partial charge in [0.05, 0.1) is 11.4 Å². The summed E-state index contributed by atoms with van der Waals surface area (Å²) in [6.45, 7) is 3.06. The van der Waals surface area contributed by atoms with Gasteiger partial charge < -0.3 is 4.90 Å². The predicted molar refractivity (Wildman–Crippen MR) is 94.3 cm³/mol. The Hall–Kier alpha value is -1.47. The fraction of sp³-hybridized carbons (Fsp3) is 0.500. The molecule has 1 saturated heterocycles. The Morgan fingerprint density at radius 1 is 1.39 bits per heavy atom. The Morgan fingerprint density at radius 3 is 3.00 bits per heavy atom. The largest absolute Gasteiger partial charge is 0.339 e. The number of thiazole rings is 1. The number of rotatable bonds is 5. The fourth-order valence-electron chi connectivity index (χ4n) is 2.68. The second kappa shape index (κ2) is 7.88. The van der Waals surface area contributed by atoms with Gasteiger partial charge in [-0.05, 0) is 32.3 Å². The van der Waals surface area contributed by atoms with Crippen LogP contribution in [0.1, 0.15) is 31.9 Å². The van der Waals surface area contributed by atoms with Crippen molar-refractivity contribution in [2.75, 3.05) is 12.3 Å². The highest BCUT2D eigenvalue weighted by Crippen LogP contribution is 2.23. The average molecular weight is 348 g/mol. The highest BCUT2D eigenvalue weighted by atomic mass is 32.2. The molecule has 0 bridgehead atoms. The van der Waals surface area contributed by atoms with E-state index >= 15 is 0 Å². The van der Waals surface area contributed by atoms with Gasteiger partial charge in [-0.2, -0.15) is 0 Å². The van der Waals surface area contributed by atoms with Crippen molar-refractivity contribution in [3.05, 3.63) is 29.5 Å². The Labute approximate surface area is 144 Å². The van der Waals surface area contributed by atoms with E-state index < -0.39 is 0 Å². The molecule has 0 N–H and O–H groups in total. The molecule has 1 aliphatic heterocycles. The molecule has 3 rings (SSSR count). The zero-order valence-electron chi connectivity index (χ0n) is 13.1. The molecule has 1 aliphatic rings. The highest BCUT2D eigenvalue weighted by molar-refractivity contribution is 7.99. The normalized spacial score (nSPS) is 18.1. The van der Waals surface area contributed by atoms with Crippen LogP contribution in [-0.4, -0.2) is 44.1 Å². The van der Waals surface area contributed by atoms with Crippen molar-refractivity contribution in [3.63, 3.8) is 0 Å². The lowest BCUT2D eigenvalue weighted by Crippen LogP contribution is -2.42. The maximum absolute atomic E-state index is 12.3. The molecule has 5 nitrogen and oxygen atoms in total. The van der Waals surface area contributed by atoms with E-state index in [-0.39, 0.29) is 5.91 Å². The smallest absolute Gasteiger partial charge is 0.232 e. The zero-order valence-corrected chi connectivity index (χ0v) is 14.8. The number of amides is 1.